The Bertz CT molecular complexity index is 2640. The zero-order valence-electron chi connectivity index (χ0n) is 37.6. The Labute approximate surface area is 421 Å². The summed E-state index contributed by atoms with van der Waals surface area (Å²) in [6, 6.07) is 38.7. The summed E-state index contributed by atoms with van der Waals surface area (Å²) in [6.45, 7) is 1.77. The highest BCUT2D eigenvalue weighted by Gasteiger charge is 2.58. The zero-order valence-corrected chi connectivity index (χ0v) is 39.8. The number of benzene rings is 5. The molecule has 2 aliphatic rings. The summed E-state index contributed by atoms with van der Waals surface area (Å²) in [7, 11) is 0. The summed E-state index contributed by atoms with van der Waals surface area (Å²) < 4.78 is 58.4. The van der Waals surface area contributed by atoms with Crippen LogP contribution in [0.2, 0.25) is 0 Å². The van der Waals surface area contributed by atoms with E-state index in [1.807, 2.05) is 0 Å². The molecule has 5 aromatic carbocycles. The number of ether oxygens (including phenoxy) is 10. The number of carbonyl (C=O) groups excluding carboxylic acids is 6. The molecule has 0 unspecified atom stereocenters. The molecule has 2 saturated heterocycles. The van der Waals surface area contributed by atoms with E-state index in [4.69, 9.17) is 87.6 Å². The minimum Gasteiger partial charge on any atom is -0.459 e. The van der Waals surface area contributed by atoms with E-state index in [0.29, 0.717) is 0 Å². The number of carbonyl (C=O) groups is 6. The van der Waals surface area contributed by atoms with Gasteiger partial charge in [0.15, 0.2) is 30.7 Å². The van der Waals surface area contributed by atoms with Crippen LogP contribution >= 0.6 is 34.8 Å². The average molecular weight is 1030 g/mol. The highest BCUT2D eigenvalue weighted by molar-refractivity contribution is 6.76. The second-order valence-electron chi connectivity index (χ2n) is 15.8. The van der Waals surface area contributed by atoms with Crippen molar-refractivity contribution in [3.05, 3.63) is 179 Å². The van der Waals surface area contributed by atoms with Crippen LogP contribution < -0.4 is 0 Å². The van der Waals surface area contributed by atoms with Crippen molar-refractivity contribution in [2.45, 2.75) is 79.1 Å². The Morgan fingerprint density at radius 3 is 1.21 bits per heavy atom. The summed E-state index contributed by atoms with van der Waals surface area (Å²) in [4.78, 5) is 82.4. The summed E-state index contributed by atoms with van der Waals surface area (Å²) in [5.74, 6) is -6.63. The van der Waals surface area contributed by atoms with Crippen LogP contribution in [0.4, 0.5) is 0 Å². The first-order valence-corrected chi connectivity index (χ1v) is 22.9. The molecule has 0 spiro atoms. The molecule has 1 N–H and O–H groups in total. The van der Waals surface area contributed by atoms with Crippen molar-refractivity contribution in [2.75, 3.05) is 6.61 Å². The van der Waals surface area contributed by atoms with Gasteiger partial charge >= 0.3 is 35.8 Å². The van der Waals surface area contributed by atoms with E-state index in [-0.39, 0.29) is 27.8 Å². The monoisotopic (exact) mass is 1030 g/mol. The van der Waals surface area contributed by atoms with E-state index < -0.39 is 114 Å². The van der Waals surface area contributed by atoms with Gasteiger partial charge in [-0.15, -0.1) is 0 Å². The van der Waals surface area contributed by atoms with Crippen molar-refractivity contribution in [3.63, 3.8) is 0 Å². The lowest BCUT2D eigenvalue weighted by Gasteiger charge is -2.48. The Morgan fingerprint density at radius 2 is 0.817 bits per heavy atom. The largest absolute Gasteiger partial charge is 0.459 e. The fraction of sp³-hybridized carbons (Fsp3) is 0.275. The molecule has 2 aliphatic heterocycles. The van der Waals surface area contributed by atoms with Gasteiger partial charge in [0, 0.05) is 6.92 Å². The highest BCUT2D eigenvalue weighted by Crippen LogP contribution is 2.38. The first-order valence-electron chi connectivity index (χ1n) is 21.8. The number of esters is 6. The molecule has 20 heteroatoms. The van der Waals surface area contributed by atoms with Crippen molar-refractivity contribution in [1.29, 1.82) is 5.41 Å². The molecule has 71 heavy (non-hydrogen) atoms. The Balaban J connectivity index is 1.35. The molecule has 0 amide bonds. The molecule has 10 atom stereocenters. The van der Waals surface area contributed by atoms with E-state index in [0.717, 1.165) is 6.92 Å². The minimum absolute atomic E-state index is 0.000673. The average Bonchev–Trinajstić information content (AvgIpc) is 3.37. The van der Waals surface area contributed by atoms with Crippen LogP contribution in [-0.2, 0) is 52.2 Å². The number of halogens is 3. The fourth-order valence-corrected chi connectivity index (χ4v) is 7.58. The number of hydrogen-bond acceptors (Lipinski definition) is 17. The van der Waals surface area contributed by atoms with E-state index in [9.17, 15) is 28.8 Å². The summed E-state index contributed by atoms with van der Waals surface area (Å²) >= 11 is 18.2. The van der Waals surface area contributed by atoms with Crippen LogP contribution in [0.1, 0.15) is 65.6 Å². The van der Waals surface area contributed by atoms with Crippen molar-refractivity contribution in [2.24, 2.45) is 0 Å². The highest BCUT2D eigenvalue weighted by atomic mass is 35.6. The molecule has 0 aliphatic carbocycles. The fourth-order valence-electron chi connectivity index (χ4n) is 7.44. The van der Waals surface area contributed by atoms with E-state index >= 15 is 0 Å². The summed E-state index contributed by atoms with van der Waals surface area (Å²) in [5, 5.41) is 8.53. The van der Waals surface area contributed by atoms with Crippen molar-refractivity contribution in [1.82, 2.24) is 0 Å². The molecule has 2 heterocycles. The van der Waals surface area contributed by atoms with E-state index in [2.05, 4.69) is 0 Å². The number of nitrogens with one attached hydrogen (secondary N) is 1. The van der Waals surface area contributed by atoms with E-state index in [1.54, 1.807) is 91.0 Å². The van der Waals surface area contributed by atoms with Gasteiger partial charge in [-0.25, -0.2) is 24.0 Å². The third-order valence-corrected chi connectivity index (χ3v) is 11.3. The second kappa shape index (κ2) is 23.8. The van der Waals surface area contributed by atoms with Crippen LogP contribution in [-0.4, -0.2) is 114 Å². The smallest absolute Gasteiger partial charge is 0.338 e. The van der Waals surface area contributed by atoms with Crippen LogP contribution in [0.15, 0.2) is 152 Å². The van der Waals surface area contributed by atoms with Gasteiger partial charge in [0.25, 0.3) is 3.79 Å². The molecular formula is C51H44Cl3NO16. The Kier molecular flexibility index (Phi) is 17.4. The third kappa shape index (κ3) is 13.5. The number of rotatable bonds is 15. The molecule has 5 aromatic rings. The number of alkyl halides is 3. The standard InChI is InChI=1S/C51H44Cl3NO16/c1-29-37(66-44(58)32-20-10-4-11-21-32)39(67-45(59)33-22-12-5-13-23-33)41(64-30(2)56)48(63-29)70-38-36(28-62-43(57)31-18-8-3-9-19-31)65-49(71-50(55)51(52,53)54)42(69-47(61)35-26-16-7-17-27-35)40(38)68-46(60)34-24-14-6-15-25-34/h3-27,29,36-42,48-49,55H,28H2,1-2H3/t29-,36+,37-,38+,39+,40-,41+,42-,48-,49+/m0/s1. The SMILES string of the molecule is CC(=O)O[C@H]1[C@H](O[C@H]2[C@H](OC(=O)c3ccccc3)[C@H](OC(=O)c3ccccc3)[C@@H](OC(=N)C(Cl)(Cl)Cl)O[C@@H]2COC(=O)c2ccccc2)O[C@@H](C)[C@H](OC(=O)c2ccccc2)[C@H]1OC(=O)c1ccccc1. The Hall–Kier alpha value is -6.86. The maximum absolute atomic E-state index is 14.2. The van der Waals surface area contributed by atoms with Crippen LogP contribution in [0.5, 0.6) is 0 Å². The predicted molar refractivity (Wildman–Crippen MR) is 252 cm³/mol. The maximum atomic E-state index is 14.2. The van der Waals surface area contributed by atoms with Crippen LogP contribution in [0.25, 0.3) is 0 Å². The minimum atomic E-state index is -2.52. The van der Waals surface area contributed by atoms with Gasteiger partial charge in [0.2, 0.25) is 18.3 Å². The van der Waals surface area contributed by atoms with Gasteiger partial charge < -0.3 is 47.4 Å². The van der Waals surface area contributed by atoms with Gasteiger partial charge in [-0.2, -0.15) is 0 Å². The predicted octanol–water partition coefficient (Wildman–Crippen LogP) is 7.90. The summed E-state index contributed by atoms with van der Waals surface area (Å²) in [5.41, 5.74) is 0.321. The van der Waals surface area contributed by atoms with Crippen molar-refractivity contribution < 1.29 is 76.1 Å². The van der Waals surface area contributed by atoms with Gasteiger partial charge in [0.05, 0.1) is 33.9 Å². The molecule has 0 aromatic heterocycles. The normalized spacial score (nSPS) is 24.0. The first-order chi connectivity index (χ1) is 34.1. The van der Waals surface area contributed by atoms with E-state index in [1.165, 1.54) is 67.6 Å². The van der Waals surface area contributed by atoms with Crippen LogP contribution in [0, 0.1) is 5.41 Å². The Morgan fingerprint density at radius 1 is 0.465 bits per heavy atom. The zero-order chi connectivity index (χ0) is 50.7. The second-order valence-corrected chi connectivity index (χ2v) is 18.1. The quantitative estimate of drug-likeness (QED) is 0.0346. The van der Waals surface area contributed by atoms with Crippen LogP contribution in [0.3, 0.4) is 0 Å². The van der Waals surface area contributed by atoms with Crippen molar-refractivity contribution >= 4 is 76.5 Å². The molecule has 2 fully saturated rings. The molecule has 0 bridgehead atoms. The molecule has 0 saturated carbocycles. The lowest BCUT2D eigenvalue weighted by atomic mass is 9.96. The molecule has 370 valence electrons. The maximum Gasteiger partial charge on any atom is 0.338 e. The van der Waals surface area contributed by atoms with Gasteiger partial charge in [0.1, 0.15) is 18.8 Å². The van der Waals surface area contributed by atoms with Crippen molar-refractivity contribution in [3.8, 4) is 0 Å². The lowest BCUT2D eigenvalue weighted by Crippen LogP contribution is -2.67. The van der Waals surface area contributed by atoms with Gasteiger partial charge in [-0.05, 0) is 67.6 Å². The van der Waals surface area contributed by atoms with Gasteiger partial charge in [-0.1, -0.05) is 126 Å². The first kappa shape index (κ1) is 52.0. The summed E-state index contributed by atoms with van der Waals surface area (Å²) in [6.07, 6.45) is -17.4. The molecule has 7 rings (SSSR count). The topological polar surface area (TPSA) is 219 Å². The molecule has 0 radical (unpaired) electrons. The van der Waals surface area contributed by atoms with Gasteiger partial charge in [-0.3, -0.25) is 10.2 Å². The lowest BCUT2D eigenvalue weighted by molar-refractivity contribution is -0.348. The third-order valence-electron chi connectivity index (χ3n) is 10.8. The number of hydrogen-bond donors (Lipinski definition) is 1. The molecular weight excluding hydrogens is 989 g/mol. The molecule has 17 nitrogen and oxygen atoms in total.